The van der Waals surface area contributed by atoms with Gasteiger partial charge in [-0.15, -0.1) is 0 Å². The Bertz CT molecular complexity index is 393. The molecule has 0 radical (unpaired) electrons. The monoisotopic (exact) mass is 365 g/mol. The predicted octanol–water partition coefficient (Wildman–Crippen LogP) is 5.84. The van der Waals surface area contributed by atoms with Crippen LogP contribution in [-0.2, 0) is 0 Å². The van der Waals surface area contributed by atoms with Crippen molar-refractivity contribution in [1.29, 1.82) is 0 Å². The molecule has 4 heteroatoms. The minimum absolute atomic E-state index is 0.0604. The molecule has 152 valence electrons. The van der Waals surface area contributed by atoms with Gasteiger partial charge in [0, 0.05) is 12.5 Å². The zero-order valence-corrected chi connectivity index (χ0v) is 17.3. The topological polar surface area (TPSA) is 61.8 Å². The van der Waals surface area contributed by atoms with Crippen molar-refractivity contribution in [1.82, 2.24) is 5.06 Å². The maximum atomic E-state index is 10.0. The fourth-order valence-electron chi connectivity index (χ4n) is 3.50. The first-order valence-electron chi connectivity index (χ1n) is 11.1. The van der Waals surface area contributed by atoms with Gasteiger partial charge in [-0.05, 0) is 19.8 Å². The summed E-state index contributed by atoms with van der Waals surface area (Å²) in [6.07, 6.45) is 22.9. The third-order valence-electron chi connectivity index (χ3n) is 5.34. The molecule has 0 spiro atoms. The molecule has 0 bridgehead atoms. The number of hydrogen-bond acceptors (Lipinski definition) is 4. The van der Waals surface area contributed by atoms with E-state index in [9.17, 15) is 5.21 Å². The molecule has 3 N–H and O–H groups in total. The Morgan fingerprint density at radius 2 is 1.54 bits per heavy atom. The van der Waals surface area contributed by atoms with Gasteiger partial charge in [-0.1, -0.05) is 89.7 Å². The van der Waals surface area contributed by atoms with E-state index in [4.69, 9.17) is 5.73 Å². The average molecular weight is 366 g/mol. The van der Waals surface area contributed by atoms with E-state index in [0.29, 0.717) is 13.0 Å². The first-order valence-corrected chi connectivity index (χ1v) is 11.1. The molecule has 1 aliphatic heterocycles. The maximum absolute atomic E-state index is 10.0. The number of nitrogens with two attached hydrogens (primary N) is 1. The number of amidine groups is 1. The van der Waals surface area contributed by atoms with E-state index in [2.05, 4.69) is 24.1 Å². The van der Waals surface area contributed by atoms with Crippen LogP contribution in [0.2, 0.25) is 0 Å². The molecule has 26 heavy (non-hydrogen) atoms. The minimum atomic E-state index is -0.0636. The quantitative estimate of drug-likeness (QED) is 0.267. The molecule has 0 aromatic carbocycles. The highest BCUT2D eigenvalue weighted by atomic mass is 16.5. The van der Waals surface area contributed by atoms with Gasteiger partial charge in [0.1, 0.15) is 5.84 Å². The van der Waals surface area contributed by atoms with Gasteiger partial charge in [0.25, 0.3) is 0 Å². The number of hydroxylamine groups is 2. The van der Waals surface area contributed by atoms with E-state index in [-0.39, 0.29) is 12.1 Å². The molecule has 0 aromatic rings. The van der Waals surface area contributed by atoms with Crippen molar-refractivity contribution in [3.63, 3.8) is 0 Å². The van der Waals surface area contributed by atoms with Gasteiger partial charge in [0.05, 0.1) is 12.6 Å². The molecule has 0 saturated heterocycles. The Morgan fingerprint density at radius 3 is 2.04 bits per heavy atom. The van der Waals surface area contributed by atoms with Crippen LogP contribution in [0.25, 0.3) is 0 Å². The lowest BCUT2D eigenvalue weighted by Gasteiger charge is -2.23. The van der Waals surface area contributed by atoms with Crippen LogP contribution in [-0.4, -0.2) is 34.7 Å². The van der Waals surface area contributed by atoms with Crippen LogP contribution in [0.4, 0.5) is 0 Å². The van der Waals surface area contributed by atoms with E-state index in [1.165, 1.54) is 82.1 Å². The second-order valence-electron chi connectivity index (χ2n) is 7.88. The number of nitrogens with zero attached hydrogens (tertiary/aromatic N) is 2. The molecule has 1 aliphatic rings. The molecule has 4 nitrogen and oxygen atoms in total. The van der Waals surface area contributed by atoms with Crippen LogP contribution < -0.4 is 5.73 Å². The van der Waals surface area contributed by atoms with Gasteiger partial charge in [0.2, 0.25) is 0 Å². The second-order valence-corrected chi connectivity index (χ2v) is 7.88. The molecule has 0 saturated carbocycles. The number of hydrogen-bond donors (Lipinski definition) is 2. The third kappa shape index (κ3) is 10.3. The average Bonchev–Trinajstić information content (AvgIpc) is 2.99. The maximum Gasteiger partial charge on any atom is 0.127 e. The second kappa shape index (κ2) is 15.2. The van der Waals surface area contributed by atoms with E-state index < -0.39 is 0 Å². The van der Waals surface area contributed by atoms with Gasteiger partial charge in [0.15, 0.2) is 0 Å². The summed E-state index contributed by atoms with van der Waals surface area (Å²) in [6.45, 7) is 4.80. The molecule has 1 heterocycles. The molecule has 0 fully saturated rings. The van der Waals surface area contributed by atoms with Crippen LogP contribution >= 0.6 is 0 Å². The van der Waals surface area contributed by atoms with E-state index in [1.807, 2.05) is 6.92 Å². The van der Waals surface area contributed by atoms with Gasteiger partial charge in [-0.2, -0.15) is 0 Å². The third-order valence-corrected chi connectivity index (χ3v) is 5.34. The number of allylic oxidation sites excluding steroid dienone is 1. The number of unbranched alkanes of at least 4 members (excludes halogenated alkanes) is 12. The summed E-state index contributed by atoms with van der Waals surface area (Å²) in [6, 6.07) is -0.124. The summed E-state index contributed by atoms with van der Waals surface area (Å²) in [5.74, 6) is 0.748. The Morgan fingerprint density at radius 1 is 1.00 bits per heavy atom. The standard InChI is InChI=1S/C22H43N3O/c1-3-4-5-6-7-8-9-10-11-12-13-14-15-16-17-18-22-24-19-21(20(2)23)25(22)26/h16-17,20-21,26H,3-15,18-19,23H2,1-2H3. The van der Waals surface area contributed by atoms with Crippen LogP contribution in [0.1, 0.15) is 104 Å². The lowest BCUT2D eigenvalue weighted by molar-refractivity contribution is -0.0476. The highest BCUT2D eigenvalue weighted by Crippen LogP contribution is 2.14. The SMILES string of the molecule is CCCCCCCCCCCCCCC=CCC1=NCC(C(C)N)N1O. The first-order chi connectivity index (χ1) is 12.7. The number of rotatable bonds is 16. The fraction of sp³-hybridized carbons (Fsp3) is 0.864. The molecule has 2 unspecified atom stereocenters. The normalized spacial score (nSPS) is 18.7. The largest absolute Gasteiger partial charge is 0.326 e. The van der Waals surface area contributed by atoms with Crippen molar-refractivity contribution in [2.45, 2.75) is 116 Å². The van der Waals surface area contributed by atoms with Gasteiger partial charge >= 0.3 is 0 Å². The van der Waals surface area contributed by atoms with Crippen LogP contribution in [0.15, 0.2) is 17.1 Å². The van der Waals surface area contributed by atoms with E-state index in [0.717, 1.165) is 12.3 Å². The van der Waals surface area contributed by atoms with E-state index in [1.54, 1.807) is 0 Å². The van der Waals surface area contributed by atoms with Crippen LogP contribution in [0.3, 0.4) is 0 Å². The van der Waals surface area contributed by atoms with Gasteiger partial charge in [-0.3, -0.25) is 10.2 Å². The minimum Gasteiger partial charge on any atom is -0.326 e. The van der Waals surface area contributed by atoms with Crippen molar-refractivity contribution >= 4 is 5.84 Å². The molecule has 0 aromatic heterocycles. The lowest BCUT2D eigenvalue weighted by atomic mass is 10.0. The molecular weight excluding hydrogens is 322 g/mol. The van der Waals surface area contributed by atoms with Crippen molar-refractivity contribution in [3.8, 4) is 0 Å². The molecule has 2 atom stereocenters. The zero-order chi connectivity index (χ0) is 19.0. The predicted molar refractivity (Wildman–Crippen MR) is 113 cm³/mol. The smallest absolute Gasteiger partial charge is 0.127 e. The van der Waals surface area contributed by atoms with Gasteiger partial charge < -0.3 is 5.73 Å². The molecule has 0 amide bonds. The highest BCUT2D eigenvalue weighted by molar-refractivity contribution is 5.84. The summed E-state index contributed by atoms with van der Waals surface area (Å²) in [5, 5.41) is 11.3. The van der Waals surface area contributed by atoms with Crippen LogP contribution in [0, 0.1) is 0 Å². The van der Waals surface area contributed by atoms with E-state index >= 15 is 0 Å². The summed E-state index contributed by atoms with van der Waals surface area (Å²) < 4.78 is 0. The number of aliphatic imine (C=N–C) groups is 1. The summed E-state index contributed by atoms with van der Waals surface area (Å²) >= 11 is 0. The Labute approximate surface area is 161 Å². The Balaban J connectivity index is 1.87. The summed E-state index contributed by atoms with van der Waals surface area (Å²) in [4.78, 5) is 4.38. The Kier molecular flexibility index (Phi) is 13.6. The summed E-state index contributed by atoms with van der Waals surface area (Å²) in [5.41, 5.74) is 5.84. The van der Waals surface area contributed by atoms with Crippen molar-refractivity contribution in [2.24, 2.45) is 10.7 Å². The summed E-state index contributed by atoms with van der Waals surface area (Å²) in [7, 11) is 0. The first kappa shape index (κ1) is 23.2. The Hall–Kier alpha value is -0.870. The molecule has 0 aliphatic carbocycles. The molecular formula is C22H43N3O. The molecule has 1 rings (SSSR count). The van der Waals surface area contributed by atoms with Crippen molar-refractivity contribution in [2.75, 3.05) is 6.54 Å². The highest BCUT2D eigenvalue weighted by Gasteiger charge is 2.28. The zero-order valence-electron chi connectivity index (χ0n) is 17.3. The lowest BCUT2D eigenvalue weighted by Crippen LogP contribution is -2.45. The van der Waals surface area contributed by atoms with Crippen LogP contribution in [0.5, 0.6) is 0 Å². The van der Waals surface area contributed by atoms with Gasteiger partial charge in [-0.25, -0.2) is 5.06 Å². The fourth-order valence-corrected chi connectivity index (χ4v) is 3.50. The van der Waals surface area contributed by atoms with Crippen molar-refractivity contribution in [3.05, 3.63) is 12.2 Å². The van der Waals surface area contributed by atoms with Crippen molar-refractivity contribution < 1.29 is 5.21 Å².